The van der Waals surface area contributed by atoms with E-state index < -0.39 is 23.4 Å². The lowest BCUT2D eigenvalue weighted by atomic mass is 10.1. The standard InChI is InChI=1S/C37H48N6O6/c1-11-18-42(32(44)22-38-24(3)47-10)23(2)33-39-21-29(41-33)25-12-14-26(15-13-25)31-20-27-19-28(40-34(45)48-36(4,5)6)16-17-30(27)43(31)35(46)49-37(7,8)9/h12-17,19-21,23,38H,3,11,18,22H2,1-2,4-10H3,(H,39,41)(H,40,45)/t23-/m1/s1. The van der Waals surface area contributed by atoms with Crippen LogP contribution in [0.1, 0.15) is 73.7 Å². The quantitative estimate of drug-likeness (QED) is 0.137. The van der Waals surface area contributed by atoms with Crippen molar-refractivity contribution in [3.05, 3.63) is 73.0 Å². The molecule has 0 fully saturated rings. The lowest BCUT2D eigenvalue weighted by molar-refractivity contribution is -0.132. The van der Waals surface area contributed by atoms with Gasteiger partial charge in [0.2, 0.25) is 5.91 Å². The molecule has 4 rings (SSSR count). The van der Waals surface area contributed by atoms with Crippen LogP contribution in [-0.4, -0.2) is 68.9 Å². The van der Waals surface area contributed by atoms with Crippen LogP contribution in [0.5, 0.6) is 0 Å². The zero-order valence-electron chi connectivity index (χ0n) is 29.9. The number of ether oxygens (including phenoxy) is 3. The van der Waals surface area contributed by atoms with Crippen molar-refractivity contribution < 1.29 is 28.6 Å². The highest BCUT2D eigenvalue weighted by atomic mass is 16.6. The predicted molar refractivity (Wildman–Crippen MR) is 191 cm³/mol. The summed E-state index contributed by atoms with van der Waals surface area (Å²) in [5.41, 5.74) is 2.88. The summed E-state index contributed by atoms with van der Waals surface area (Å²) >= 11 is 0. The van der Waals surface area contributed by atoms with Gasteiger partial charge >= 0.3 is 12.2 Å². The summed E-state index contributed by atoms with van der Waals surface area (Å²) < 4.78 is 17.7. The van der Waals surface area contributed by atoms with Gasteiger partial charge in [0.25, 0.3) is 0 Å². The molecular weight excluding hydrogens is 624 g/mol. The molecule has 0 aliphatic carbocycles. The molecule has 3 N–H and O–H groups in total. The van der Waals surface area contributed by atoms with Crippen molar-refractivity contribution in [3.63, 3.8) is 0 Å². The molecule has 0 aliphatic heterocycles. The van der Waals surface area contributed by atoms with E-state index in [1.165, 1.54) is 7.11 Å². The van der Waals surface area contributed by atoms with Gasteiger partial charge in [0, 0.05) is 17.6 Å². The first kappa shape index (κ1) is 36.6. The van der Waals surface area contributed by atoms with Gasteiger partial charge in [-0.15, -0.1) is 0 Å². The van der Waals surface area contributed by atoms with Crippen LogP contribution in [0.25, 0.3) is 33.4 Å². The van der Waals surface area contributed by atoms with E-state index in [1.807, 2.05) is 65.0 Å². The molecule has 0 bridgehead atoms. The number of benzene rings is 2. The van der Waals surface area contributed by atoms with E-state index in [1.54, 1.807) is 54.6 Å². The Bertz CT molecular complexity index is 1810. The smallest absolute Gasteiger partial charge is 0.419 e. The topological polar surface area (TPSA) is 140 Å². The van der Waals surface area contributed by atoms with Gasteiger partial charge in [-0.05, 0) is 96.9 Å². The fourth-order valence-electron chi connectivity index (χ4n) is 5.22. The van der Waals surface area contributed by atoms with Gasteiger partial charge in [0.1, 0.15) is 17.0 Å². The molecular formula is C37H48N6O6. The Morgan fingerprint density at radius 3 is 2.24 bits per heavy atom. The molecule has 2 aromatic heterocycles. The van der Waals surface area contributed by atoms with Crippen molar-refractivity contribution >= 4 is 34.7 Å². The largest absolute Gasteiger partial charge is 0.483 e. The molecule has 0 spiro atoms. The van der Waals surface area contributed by atoms with Crippen molar-refractivity contribution in [2.24, 2.45) is 0 Å². The third kappa shape index (κ3) is 9.43. The third-order valence-electron chi connectivity index (χ3n) is 7.44. The van der Waals surface area contributed by atoms with Crippen LogP contribution in [-0.2, 0) is 19.0 Å². The van der Waals surface area contributed by atoms with Gasteiger partial charge in [-0.25, -0.2) is 19.1 Å². The van der Waals surface area contributed by atoms with Gasteiger partial charge in [-0.2, -0.15) is 0 Å². The number of amides is 2. The SMILES string of the molecule is C=C(NCC(=O)N(CCC)[C@H](C)c1ncc(-c2ccc(-c3cc4cc(NC(=O)OC(C)(C)C)ccc4n3C(=O)OC(C)(C)C)cc2)[nH]1)OC. The van der Waals surface area contributed by atoms with Gasteiger partial charge in [-0.3, -0.25) is 10.1 Å². The second kappa shape index (κ2) is 14.9. The number of aromatic amines is 1. The molecule has 0 saturated carbocycles. The molecule has 2 amide bonds. The first-order chi connectivity index (χ1) is 23.0. The summed E-state index contributed by atoms with van der Waals surface area (Å²) in [6.45, 7) is 19.2. The van der Waals surface area contributed by atoms with E-state index in [2.05, 4.69) is 27.2 Å². The highest BCUT2D eigenvalue weighted by Gasteiger charge is 2.25. The Hall–Kier alpha value is -5.26. The van der Waals surface area contributed by atoms with Crippen LogP contribution in [0, 0.1) is 0 Å². The minimum Gasteiger partial charge on any atom is -0.483 e. The second-order valence-electron chi connectivity index (χ2n) is 13.7. The molecule has 49 heavy (non-hydrogen) atoms. The summed E-state index contributed by atoms with van der Waals surface area (Å²) in [6, 6.07) is 14.6. The van der Waals surface area contributed by atoms with E-state index in [4.69, 9.17) is 14.2 Å². The first-order valence-electron chi connectivity index (χ1n) is 16.3. The van der Waals surface area contributed by atoms with Gasteiger partial charge in [0.05, 0.1) is 42.8 Å². The lowest BCUT2D eigenvalue weighted by Crippen LogP contribution is -2.40. The van der Waals surface area contributed by atoms with Crippen LogP contribution in [0.4, 0.5) is 15.3 Å². The number of carbonyl (C=O) groups excluding carboxylic acids is 3. The molecule has 1 atom stereocenters. The van der Waals surface area contributed by atoms with Crippen LogP contribution in [0.3, 0.4) is 0 Å². The average Bonchev–Trinajstić information content (AvgIpc) is 3.66. The molecule has 0 aliphatic rings. The van der Waals surface area contributed by atoms with Crippen LogP contribution < -0.4 is 10.6 Å². The van der Waals surface area contributed by atoms with Crippen molar-refractivity contribution in [2.75, 3.05) is 25.5 Å². The highest BCUT2D eigenvalue weighted by Crippen LogP contribution is 2.33. The number of fused-ring (bicyclic) bond motifs is 1. The van der Waals surface area contributed by atoms with Crippen molar-refractivity contribution in [2.45, 2.75) is 79.1 Å². The second-order valence-corrected chi connectivity index (χ2v) is 13.7. The number of nitrogens with one attached hydrogen (secondary N) is 3. The van der Waals surface area contributed by atoms with E-state index in [0.29, 0.717) is 35.2 Å². The summed E-state index contributed by atoms with van der Waals surface area (Å²) in [6.07, 6.45) is 1.45. The Morgan fingerprint density at radius 1 is 0.980 bits per heavy atom. The Morgan fingerprint density at radius 2 is 1.63 bits per heavy atom. The number of nitrogens with zero attached hydrogens (tertiary/aromatic N) is 3. The maximum absolute atomic E-state index is 13.5. The minimum atomic E-state index is -0.713. The fourth-order valence-corrected chi connectivity index (χ4v) is 5.22. The number of hydrogen-bond donors (Lipinski definition) is 3. The van der Waals surface area contributed by atoms with E-state index in [0.717, 1.165) is 28.6 Å². The molecule has 12 nitrogen and oxygen atoms in total. The lowest BCUT2D eigenvalue weighted by Gasteiger charge is -2.28. The number of carbonyl (C=O) groups is 3. The number of methoxy groups -OCH3 is 1. The molecule has 2 aromatic carbocycles. The van der Waals surface area contributed by atoms with Crippen LogP contribution >= 0.6 is 0 Å². The number of rotatable bonds is 11. The Kier molecular flexibility index (Phi) is 11.1. The first-order valence-corrected chi connectivity index (χ1v) is 16.3. The van der Waals surface area contributed by atoms with E-state index in [-0.39, 0.29) is 18.5 Å². The van der Waals surface area contributed by atoms with Crippen molar-refractivity contribution in [3.8, 4) is 22.5 Å². The maximum Gasteiger partial charge on any atom is 0.419 e. The average molecular weight is 673 g/mol. The van der Waals surface area contributed by atoms with Crippen molar-refractivity contribution in [1.82, 2.24) is 24.8 Å². The number of hydrogen-bond acceptors (Lipinski definition) is 8. The molecule has 12 heteroatoms. The third-order valence-corrected chi connectivity index (χ3v) is 7.44. The Labute approximate surface area is 287 Å². The number of H-pyrrole nitrogens is 1. The van der Waals surface area contributed by atoms with Crippen LogP contribution in [0.15, 0.2) is 67.2 Å². The molecule has 0 saturated heterocycles. The Balaban J connectivity index is 1.63. The normalized spacial score (nSPS) is 12.3. The van der Waals surface area contributed by atoms with E-state index in [9.17, 15) is 14.4 Å². The van der Waals surface area contributed by atoms with Crippen LogP contribution in [0.2, 0.25) is 0 Å². The summed E-state index contributed by atoms with van der Waals surface area (Å²) in [4.78, 5) is 48.7. The molecule has 0 unspecified atom stereocenters. The number of aromatic nitrogens is 3. The number of anilines is 1. The van der Waals surface area contributed by atoms with Crippen molar-refractivity contribution in [1.29, 1.82) is 0 Å². The van der Waals surface area contributed by atoms with Gasteiger partial charge in [0.15, 0.2) is 5.88 Å². The van der Waals surface area contributed by atoms with Gasteiger partial charge in [-0.1, -0.05) is 31.2 Å². The minimum absolute atomic E-state index is 0.0631. The molecule has 2 heterocycles. The number of imidazole rings is 1. The van der Waals surface area contributed by atoms with E-state index >= 15 is 0 Å². The predicted octanol–water partition coefficient (Wildman–Crippen LogP) is 7.84. The monoisotopic (exact) mass is 672 g/mol. The maximum atomic E-state index is 13.5. The highest BCUT2D eigenvalue weighted by molar-refractivity contribution is 5.99. The zero-order chi connectivity index (χ0) is 36.1. The summed E-state index contributed by atoms with van der Waals surface area (Å²) in [5.74, 6) is 0.892. The summed E-state index contributed by atoms with van der Waals surface area (Å²) in [5, 5.41) is 6.38. The fraction of sp³-hybridized carbons (Fsp3) is 0.405. The zero-order valence-corrected chi connectivity index (χ0v) is 29.9. The molecule has 0 radical (unpaired) electrons. The molecule has 4 aromatic rings. The van der Waals surface area contributed by atoms with Gasteiger partial charge < -0.3 is 29.4 Å². The summed E-state index contributed by atoms with van der Waals surface area (Å²) in [7, 11) is 1.49. The molecule has 262 valence electrons.